The molecule has 1 unspecified atom stereocenters. The van der Waals surface area contributed by atoms with Crippen molar-refractivity contribution in [2.24, 2.45) is 0 Å². The second kappa shape index (κ2) is 3.73. The number of hydrogen-bond acceptors (Lipinski definition) is 1. The van der Waals surface area contributed by atoms with E-state index >= 15 is 0 Å². The van der Waals surface area contributed by atoms with Crippen molar-refractivity contribution in [3.63, 3.8) is 0 Å². The van der Waals surface area contributed by atoms with Crippen LogP contribution in [0.15, 0.2) is 23.1 Å². The molecule has 0 amide bonds. The standard InChI is InChI=1S/C7H7F2NOS/c1-10-12(11)7-5(8)3-2-4-6(7)9/h2-4,10H,1H3. The average Bonchev–Trinajstić information content (AvgIpc) is 2.03. The molecule has 1 rings (SSSR count). The maximum Gasteiger partial charge on any atom is 0.143 e. The van der Waals surface area contributed by atoms with Crippen molar-refractivity contribution in [1.29, 1.82) is 0 Å². The Hall–Kier alpha value is -0.810. The van der Waals surface area contributed by atoms with Gasteiger partial charge in [0.15, 0.2) is 0 Å². The maximum absolute atomic E-state index is 12.8. The van der Waals surface area contributed by atoms with Gasteiger partial charge in [0.05, 0.1) is 0 Å². The van der Waals surface area contributed by atoms with Crippen molar-refractivity contribution in [2.75, 3.05) is 7.05 Å². The first-order valence-electron chi connectivity index (χ1n) is 3.20. The largest absolute Gasteiger partial charge is 0.237 e. The van der Waals surface area contributed by atoms with E-state index in [0.717, 1.165) is 12.1 Å². The van der Waals surface area contributed by atoms with Crippen LogP contribution >= 0.6 is 0 Å². The maximum atomic E-state index is 12.8. The average molecular weight is 191 g/mol. The molecule has 12 heavy (non-hydrogen) atoms. The predicted molar refractivity (Wildman–Crippen MR) is 41.8 cm³/mol. The molecule has 1 aromatic rings. The molecule has 0 radical (unpaired) electrons. The van der Waals surface area contributed by atoms with E-state index in [-0.39, 0.29) is 0 Å². The van der Waals surface area contributed by atoms with E-state index in [1.165, 1.54) is 13.1 Å². The molecule has 66 valence electrons. The van der Waals surface area contributed by atoms with Gasteiger partial charge in [-0.15, -0.1) is 0 Å². The molecule has 1 atom stereocenters. The van der Waals surface area contributed by atoms with Gasteiger partial charge < -0.3 is 0 Å². The van der Waals surface area contributed by atoms with Crippen molar-refractivity contribution < 1.29 is 13.0 Å². The molecule has 0 bridgehead atoms. The third kappa shape index (κ3) is 1.67. The quantitative estimate of drug-likeness (QED) is 0.747. The van der Waals surface area contributed by atoms with Gasteiger partial charge in [0.2, 0.25) is 0 Å². The Labute approximate surface area is 71.2 Å². The Bertz CT molecular complexity index is 296. The highest BCUT2D eigenvalue weighted by Crippen LogP contribution is 2.14. The van der Waals surface area contributed by atoms with Crippen LogP contribution in [0.3, 0.4) is 0 Å². The first-order valence-corrected chi connectivity index (χ1v) is 4.35. The lowest BCUT2D eigenvalue weighted by Gasteiger charge is -2.01. The molecule has 5 heteroatoms. The zero-order chi connectivity index (χ0) is 9.14. The molecule has 1 aromatic carbocycles. The fraction of sp³-hybridized carbons (Fsp3) is 0.143. The first kappa shape index (κ1) is 9.28. The summed E-state index contributed by atoms with van der Waals surface area (Å²) in [5.74, 6) is -1.61. The van der Waals surface area contributed by atoms with E-state index in [4.69, 9.17) is 0 Å². The molecular formula is C7H7F2NOS. The van der Waals surface area contributed by atoms with Crippen LogP contribution in [0.2, 0.25) is 0 Å². The lowest BCUT2D eigenvalue weighted by atomic mass is 10.3. The smallest absolute Gasteiger partial charge is 0.143 e. The molecule has 0 aliphatic heterocycles. The number of halogens is 2. The van der Waals surface area contributed by atoms with Crippen LogP contribution in [0.25, 0.3) is 0 Å². The minimum absolute atomic E-state index is 0.431. The Balaban J connectivity index is 3.21. The molecule has 2 nitrogen and oxygen atoms in total. The topological polar surface area (TPSA) is 29.1 Å². The summed E-state index contributed by atoms with van der Waals surface area (Å²) >= 11 is 0. The summed E-state index contributed by atoms with van der Waals surface area (Å²) in [6, 6.07) is 3.35. The van der Waals surface area contributed by atoms with Crippen molar-refractivity contribution in [1.82, 2.24) is 4.72 Å². The Kier molecular flexibility index (Phi) is 2.88. The minimum atomic E-state index is -1.81. The highest BCUT2D eigenvalue weighted by molar-refractivity contribution is 7.83. The van der Waals surface area contributed by atoms with Gasteiger partial charge in [-0.05, 0) is 19.2 Å². The summed E-state index contributed by atoms with van der Waals surface area (Å²) in [6.45, 7) is 0. The predicted octanol–water partition coefficient (Wildman–Crippen LogP) is 1.21. The van der Waals surface area contributed by atoms with E-state index < -0.39 is 27.5 Å². The SMILES string of the molecule is CNS(=O)c1c(F)cccc1F. The minimum Gasteiger partial charge on any atom is -0.237 e. The van der Waals surface area contributed by atoms with Gasteiger partial charge in [0, 0.05) is 0 Å². The van der Waals surface area contributed by atoms with Crippen molar-refractivity contribution >= 4 is 11.0 Å². The zero-order valence-corrected chi connectivity index (χ0v) is 7.12. The summed E-state index contributed by atoms with van der Waals surface area (Å²) in [5, 5.41) is 0. The van der Waals surface area contributed by atoms with E-state index in [0.29, 0.717) is 0 Å². The molecule has 0 saturated heterocycles. The Morgan fingerprint density at radius 1 is 1.33 bits per heavy atom. The lowest BCUT2D eigenvalue weighted by Crippen LogP contribution is -2.13. The third-order valence-corrected chi connectivity index (χ3v) is 2.42. The summed E-state index contributed by atoms with van der Waals surface area (Å²) in [4.78, 5) is -0.431. The van der Waals surface area contributed by atoms with Crippen LogP contribution in [0, 0.1) is 11.6 Å². The van der Waals surface area contributed by atoms with Crippen molar-refractivity contribution in [2.45, 2.75) is 4.90 Å². The van der Waals surface area contributed by atoms with E-state index in [9.17, 15) is 13.0 Å². The summed E-state index contributed by atoms with van der Waals surface area (Å²) < 4.78 is 38.9. The monoisotopic (exact) mass is 191 g/mol. The summed E-state index contributed by atoms with van der Waals surface area (Å²) in [5.41, 5.74) is 0. The van der Waals surface area contributed by atoms with Gasteiger partial charge in [-0.3, -0.25) is 0 Å². The zero-order valence-electron chi connectivity index (χ0n) is 6.30. The number of rotatable bonds is 2. The van der Waals surface area contributed by atoms with Gasteiger partial charge in [-0.2, -0.15) is 0 Å². The van der Waals surface area contributed by atoms with Crippen LogP contribution in [0.5, 0.6) is 0 Å². The van der Waals surface area contributed by atoms with Gasteiger partial charge in [0.1, 0.15) is 27.5 Å². The Morgan fingerprint density at radius 3 is 2.25 bits per heavy atom. The van der Waals surface area contributed by atoms with E-state index in [2.05, 4.69) is 4.72 Å². The van der Waals surface area contributed by atoms with Crippen LogP contribution in [0.1, 0.15) is 0 Å². The normalized spacial score (nSPS) is 12.9. The summed E-state index contributed by atoms with van der Waals surface area (Å²) in [6.07, 6.45) is 0. The number of hydrogen-bond donors (Lipinski definition) is 1. The van der Waals surface area contributed by atoms with Crippen molar-refractivity contribution in [3.8, 4) is 0 Å². The van der Waals surface area contributed by atoms with Gasteiger partial charge in [0.25, 0.3) is 0 Å². The molecular weight excluding hydrogens is 184 g/mol. The highest BCUT2D eigenvalue weighted by atomic mass is 32.2. The molecule has 0 aromatic heterocycles. The fourth-order valence-electron chi connectivity index (χ4n) is 0.762. The van der Waals surface area contributed by atoms with Gasteiger partial charge >= 0.3 is 0 Å². The molecule has 0 saturated carbocycles. The highest BCUT2D eigenvalue weighted by Gasteiger charge is 2.13. The Morgan fingerprint density at radius 2 is 1.83 bits per heavy atom. The van der Waals surface area contributed by atoms with E-state index in [1.807, 2.05) is 0 Å². The molecule has 0 aliphatic rings. The van der Waals surface area contributed by atoms with E-state index in [1.54, 1.807) is 0 Å². The third-order valence-electron chi connectivity index (χ3n) is 1.29. The molecule has 0 spiro atoms. The molecule has 0 heterocycles. The number of benzene rings is 1. The fourth-order valence-corrected chi connectivity index (χ4v) is 1.46. The second-order valence-electron chi connectivity index (χ2n) is 2.02. The van der Waals surface area contributed by atoms with Crippen LogP contribution in [-0.4, -0.2) is 11.3 Å². The first-order chi connectivity index (χ1) is 5.66. The number of nitrogens with one attached hydrogen (secondary N) is 1. The molecule has 0 aliphatic carbocycles. The van der Waals surface area contributed by atoms with Crippen molar-refractivity contribution in [3.05, 3.63) is 29.8 Å². The van der Waals surface area contributed by atoms with Gasteiger partial charge in [-0.25, -0.2) is 17.7 Å². The second-order valence-corrected chi connectivity index (χ2v) is 3.38. The molecule has 0 fully saturated rings. The molecule has 1 N–H and O–H groups in total. The lowest BCUT2D eigenvalue weighted by molar-refractivity contribution is 0.533. The van der Waals surface area contributed by atoms with Gasteiger partial charge in [-0.1, -0.05) is 6.07 Å². The van der Waals surface area contributed by atoms with Crippen LogP contribution in [-0.2, 0) is 11.0 Å². The van der Waals surface area contributed by atoms with Crippen LogP contribution in [0.4, 0.5) is 8.78 Å². The summed E-state index contributed by atoms with van der Waals surface area (Å²) in [7, 11) is -0.450. The van der Waals surface area contributed by atoms with Crippen LogP contribution < -0.4 is 4.72 Å².